The van der Waals surface area contributed by atoms with Gasteiger partial charge in [-0.1, -0.05) is 58.4 Å². The third-order valence-corrected chi connectivity index (χ3v) is 5.03. The predicted molar refractivity (Wildman–Crippen MR) is 104 cm³/mol. The monoisotopic (exact) mass is 415 g/mol. The fraction of sp³-hybridized carbons (Fsp3) is 0.333. The molecule has 1 atom stereocenters. The summed E-state index contributed by atoms with van der Waals surface area (Å²) in [6.07, 6.45) is 2.41. The number of piperidine rings is 1. The average molecular weight is 416 g/mol. The summed E-state index contributed by atoms with van der Waals surface area (Å²) >= 11 is 3.38. The van der Waals surface area contributed by atoms with Gasteiger partial charge in [-0.05, 0) is 37.0 Å². The molecule has 0 unspecified atom stereocenters. The van der Waals surface area contributed by atoms with Crippen molar-refractivity contribution in [2.24, 2.45) is 0 Å². The smallest absolute Gasteiger partial charge is 0.311 e. The van der Waals surface area contributed by atoms with Crippen LogP contribution in [0.5, 0.6) is 0 Å². The van der Waals surface area contributed by atoms with Crippen LogP contribution in [0.2, 0.25) is 0 Å². The molecule has 4 nitrogen and oxygen atoms in total. The summed E-state index contributed by atoms with van der Waals surface area (Å²) in [7, 11) is 0. The van der Waals surface area contributed by atoms with Crippen LogP contribution in [0.1, 0.15) is 36.5 Å². The van der Waals surface area contributed by atoms with E-state index in [0.717, 1.165) is 42.4 Å². The van der Waals surface area contributed by atoms with E-state index in [0.29, 0.717) is 5.56 Å². The summed E-state index contributed by atoms with van der Waals surface area (Å²) < 4.78 is 6.60. The average Bonchev–Trinajstić information content (AvgIpc) is 2.69. The van der Waals surface area contributed by atoms with Gasteiger partial charge in [0.25, 0.3) is 5.91 Å². The van der Waals surface area contributed by atoms with E-state index in [1.807, 2.05) is 59.5 Å². The Morgan fingerprint density at radius 1 is 0.962 bits per heavy atom. The van der Waals surface area contributed by atoms with Crippen molar-refractivity contribution in [2.75, 3.05) is 13.1 Å². The Morgan fingerprint density at radius 3 is 2.27 bits per heavy atom. The van der Waals surface area contributed by atoms with Gasteiger partial charge in [-0.3, -0.25) is 9.59 Å². The maximum absolute atomic E-state index is 13.0. The van der Waals surface area contributed by atoms with E-state index < -0.39 is 12.1 Å². The number of benzene rings is 2. The minimum Gasteiger partial charge on any atom is -0.447 e. The van der Waals surface area contributed by atoms with Crippen LogP contribution in [0.15, 0.2) is 59.1 Å². The van der Waals surface area contributed by atoms with Gasteiger partial charge in [-0.2, -0.15) is 0 Å². The fourth-order valence-electron chi connectivity index (χ4n) is 3.11. The molecule has 2 aromatic carbocycles. The number of ether oxygens (including phenoxy) is 1. The van der Waals surface area contributed by atoms with Crippen molar-refractivity contribution in [3.63, 3.8) is 0 Å². The molecule has 0 radical (unpaired) electrons. The molecule has 5 heteroatoms. The number of amides is 1. The van der Waals surface area contributed by atoms with Gasteiger partial charge in [0.2, 0.25) is 6.10 Å². The lowest BCUT2D eigenvalue weighted by molar-refractivity contribution is -0.160. The molecule has 3 rings (SSSR count). The number of nitrogens with zero attached hydrogens (tertiary/aromatic N) is 1. The third-order valence-electron chi connectivity index (χ3n) is 4.51. The summed E-state index contributed by atoms with van der Waals surface area (Å²) in [5, 5.41) is 0. The number of hydrogen-bond donors (Lipinski definition) is 0. The zero-order valence-electron chi connectivity index (χ0n) is 14.6. The van der Waals surface area contributed by atoms with Crippen LogP contribution in [0, 0.1) is 0 Å². The quantitative estimate of drug-likeness (QED) is 0.684. The minimum atomic E-state index is -0.878. The number of rotatable bonds is 5. The summed E-state index contributed by atoms with van der Waals surface area (Å²) in [6.45, 7) is 1.46. The molecule has 0 aliphatic carbocycles. The van der Waals surface area contributed by atoms with Crippen LogP contribution >= 0.6 is 15.9 Å². The van der Waals surface area contributed by atoms with Crippen LogP contribution in [0.3, 0.4) is 0 Å². The van der Waals surface area contributed by atoms with Gasteiger partial charge < -0.3 is 9.64 Å². The van der Waals surface area contributed by atoms with Crippen molar-refractivity contribution in [2.45, 2.75) is 31.8 Å². The largest absolute Gasteiger partial charge is 0.447 e. The summed E-state index contributed by atoms with van der Waals surface area (Å²) in [4.78, 5) is 27.3. The SMILES string of the molecule is O=C(Cc1ccc(Br)cc1)O[C@H](C(=O)N1CCCCC1)c1ccccc1. The number of carbonyl (C=O) groups excluding carboxylic acids is 2. The maximum atomic E-state index is 13.0. The lowest BCUT2D eigenvalue weighted by atomic mass is 10.1. The van der Waals surface area contributed by atoms with Crippen LogP contribution in [0.4, 0.5) is 0 Å². The molecular formula is C21H22BrNO3. The lowest BCUT2D eigenvalue weighted by Crippen LogP contribution is -2.40. The molecule has 0 aromatic heterocycles. The highest BCUT2D eigenvalue weighted by atomic mass is 79.9. The Labute approximate surface area is 162 Å². The highest BCUT2D eigenvalue weighted by molar-refractivity contribution is 9.10. The first-order valence-electron chi connectivity index (χ1n) is 8.91. The van der Waals surface area contributed by atoms with E-state index in [1.54, 1.807) is 0 Å². The molecule has 1 aliphatic rings. The van der Waals surface area contributed by atoms with Crippen molar-refractivity contribution in [3.8, 4) is 0 Å². The van der Waals surface area contributed by atoms with Gasteiger partial charge in [-0.25, -0.2) is 0 Å². The summed E-state index contributed by atoms with van der Waals surface area (Å²) in [6, 6.07) is 16.8. The first-order chi connectivity index (χ1) is 12.6. The predicted octanol–water partition coefficient (Wildman–Crippen LogP) is 4.29. The molecule has 2 aromatic rings. The topological polar surface area (TPSA) is 46.6 Å². The van der Waals surface area contributed by atoms with Crippen LogP contribution < -0.4 is 0 Å². The molecule has 1 heterocycles. The van der Waals surface area contributed by atoms with E-state index in [4.69, 9.17) is 4.74 Å². The highest BCUT2D eigenvalue weighted by Gasteiger charge is 2.30. The molecule has 26 heavy (non-hydrogen) atoms. The van der Waals surface area contributed by atoms with Gasteiger partial charge >= 0.3 is 5.97 Å². The molecule has 0 spiro atoms. The van der Waals surface area contributed by atoms with E-state index in [1.165, 1.54) is 0 Å². The standard InChI is InChI=1S/C21H22BrNO3/c22-18-11-9-16(10-12-18)15-19(24)26-20(17-7-3-1-4-8-17)21(25)23-13-5-2-6-14-23/h1,3-4,7-12,20H,2,5-6,13-15H2/t20-/m0/s1. The molecule has 0 N–H and O–H groups in total. The van der Waals surface area contributed by atoms with E-state index in [9.17, 15) is 9.59 Å². The van der Waals surface area contributed by atoms with Gasteiger partial charge in [0.1, 0.15) is 0 Å². The molecule has 0 bridgehead atoms. The fourth-order valence-corrected chi connectivity index (χ4v) is 3.38. The zero-order valence-corrected chi connectivity index (χ0v) is 16.2. The Morgan fingerprint density at radius 2 is 1.62 bits per heavy atom. The number of hydrogen-bond acceptors (Lipinski definition) is 3. The maximum Gasteiger partial charge on any atom is 0.311 e. The normalized spacial score (nSPS) is 15.3. The second kappa shape index (κ2) is 8.99. The van der Waals surface area contributed by atoms with E-state index in [-0.39, 0.29) is 12.3 Å². The third kappa shape index (κ3) is 4.94. The molecule has 1 saturated heterocycles. The summed E-state index contributed by atoms with van der Waals surface area (Å²) in [5.41, 5.74) is 1.57. The second-order valence-electron chi connectivity index (χ2n) is 6.47. The first-order valence-corrected chi connectivity index (χ1v) is 9.70. The van der Waals surface area contributed by atoms with Crippen molar-refractivity contribution in [1.29, 1.82) is 0 Å². The Bertz CT molecular complexity index is 740. The van der Waals surface area contributed by atoms with Crippen molar-refractivity contribution in [3.05, 3.63) is 70.2 Å². The second-order valence-corrected chi connectivity index (χ2v) is 7.39. The molecule has 1 fully saturated rings. The zero-order chi connectivity index (χ0) is 18.4. The molecule has 1 aliphatic heterocycles. The molecular weight excluding hydrogens is 394 g/mol. The van der Waals surface area contributed by atoms with Gasteiger partial charge in [0.05, 0.1) is 6.42 Å². The molecule has 136 valence electrons. The Kier molecular flexibility index (Phi) is 6.45. The van der Waals surface area contributed by atoms with Crippen LogP contribution in [0.25, 0.3) is 0 Å². The minimum absolute atomic E-state index is 0.125. The summed E-state index contributed by atoms with van der Waals surface area (Å²) in [5.74, 6) is -0.522. The van der Waals surface area contributed by atoms with Crippen LogP contribution in [-0.2, 0) is 20.7 Å². The highest BCUT2D eigenvalue weighted by Crippen LogP contribution is 2.23. The van der Waals surface area contributed by atoms with Crippen molar-refractivity contribution >= 4 is 27.8 Å². The Hall–Kier alpha value is -2.14. The van der Waals surface area contributed by atoms with Crippen LogP contribution in [-0.4, -0.2) is 29.9 Å². The number of carbonyl (C=O) groups is 2. The van der Waals surface area contributed by atoms with Gasteiger partial charge in [-0.15, -0.1) is 0 Å². The van der Waals surface area contributed by atoms with Gasteiger partial charge in [0.15, 0.2) is 0 Å². The van der Waals surface area contributed by atoms with Crippen molar-refractivity contribution < 1.29 is 14.3 Å². The lowest BCUT2D eigenvalue weighted by Gasteiger charge is -2.30. The first kappa shape index (κ1) is 18.6. The Balaban J connectivity index is 1.73. The number of esters is 1. The number of halogens is 1. The number of likely N-dealkylation sites (tertiary alicyclic amines) is 1. The van der Waals surface area contributed by atoms with Gasteiger partial charge in [0, 0.05) is 23.1 Å². The molecule has 1 amide bonds. The molecule has 0 saturated carbocycles. The van der Waals surface area contributed by atoms with E-state index >= 15 is 0 Å². The van der Waals surface area contributed by atoms with E-state index in [2.05, 4.69) is 15.9 Å². The van der Waals surface area contributed by atoms with Crippen molar-refractivity contribution in [1.82, 2.24) is 4.90 Å².